The van der Waals surface area contributed by atoms with Crippen LogP contribution in [0.25, 0.3) is 0 Å². The summed E-state index contributed by atoms with van der Waals surface area (Å²) < 4.78 is 16.8. The molecule has 424 valence electrons. The van der Waals surface area contributed by atoms with E-state index in [1.165, 1.54) is 148 Å². The molecule has 0 N–H and O–H groups in total. The van der Waals surface area contributed by atoms with Crippen molar-refractivity contribution in [1.29, 1.82) is 0 Å². The average Bonchev–Trinajstić information content (AvgIpc) is 3.40. The molecular weight excluding hydrogens is 913 g/mol. The van der Waals surface area contributed by atoms with Crippen LogP contribution in [0.5, 0.6) is 0 Å². The van der Waals surface area contributed by atoms with Crippen LogP contribution in [0.2, 0.25) is 0 Å². The summed E-state index contributed by atoms with van der Waals surface area (Å²) in [5.74, 6) is -0.872. The van der Waals surface area contributed by atoms with Gasteiger partial charge in [-0.15, -0.1) is 0 Å². The van der Waals surface area contributed by atoms with Gasteiger partial charge in [0.15, 0.2) is 6.10 Å². The quantitative estimate of drug-likeness (QED) is 0.0261. The van der Waals surface area contributed by atoms with Crippen molar-refractivity contribution < 1.29 is 28.6 Å². The minimum Gasteiger partial charge on any atom is -0.462 e. The molecular formula is C68H116O6. The van der Waals surface area contributed by atoms with Crippen molar-refractivity contribution >= 4 is 17.9 Å². The van der Waals surface area contributed by atoms with Gasteiger partial charge < -0.3 is 14.2 Å². The first kappa shape index (κ1) is 70.3. The van der Waals surface area contributed by atoms with E-state index in [0.29, 0.717) is 19.3 Å². The van der Waals surface area contributed by atoms with Crippen LogP contribution in [-0.2, 0) is 28.6 Å². The van der Waals surface area contributed by atoms with E-state index in [1.54, 1.807) is 0 Å². The van der Waals surface area contributed by atoms with Crippen LogP contribution in [0, 0.1) is 0 Å². The minimum atomic E-state index is -0.773. The predicted molar refractivity (Wildman–Crippen MR) is 320 cm³/mol. The molecule has 0 aromatic carbocycles. The molecule has 0 rings (SSSR count). The Labute approximate surface area is 457 Å². The molecule has 0 aromatic heterocycles. The highest BCUT2D eigenvalue weighted by Crippen LogP contribution is 2.16. The first-order valence-electron chi connectivity index (χ1n) is 31.2. The van der Waals surface area contributed by atoms with Gasteiger partial charge in [0, 0.05) is 19.3 Å². The molecule has 0 heterocycles. The third kappa shape index (κ3) is 59.2. The summed E-state index contributed by atoms with van der Waals surface area (Å²) in [4.78, 5) is 38.0. The fourth-order valence-electron chi connectivity index (χ4n) is 8.69. The van der Waals surface area contributed by atoms with Gasteiger partial charge in [-0.25, -0.2) is 0 Å². The molecule has 0 aliphatic rings. The van der Waals surface area contributed by atoms with Crippen LogP contribution in [0.15, 0.2) is 97.2 Å². The molecule has 1 atom stereocenters. The average molecular weight is 1030 g/mol. The first-order valence-corrected chi connectivity index (χ1v) is 31.2. The summed E-state index contributed by atoms with van der Waals surface area (Å²) >= 11 is 0. The zero-order valence-corrected chi connectivity index (χ0v) is 48.6. The van der Waals surface area contributed by atoms with Crippen molar-refractivity contribution in [3.63, 3.8) is 0 Å². The standard InChI is InChI=1S/C68H116O6/c1-4-7-10-13-16-19-22-23-24-25-26-27-28-29-30-31-32-33-34-35-36-37-38-39-40-41-42-43-44-45-47-49-52-55-58-61-67(70)73-64-65(63-72-66(69)60-57-54-51-48-21-18-15-12-9-6-3)74-68(71)62-59-56-53-50-46-20-17-14-11-8-5-2/h7,10,16,19,23-24,26-27,29-30,32-33,35-36,38-39,65H,4-6,8-9,11-15,17-18,20-22,25,28,31,34,37,40-64H2,1-3H3/b10-7-,19-16-,24-23-,27-26-,30-29-,33-32-,36-35-,39-38-. The zero-order valence-electron chi connectivity index (χ0n) is 48.6. The smallest absolute Gasteiger partial charge is 0.306 e. The molecule has 6 heteroatoms. The number of esters is 3. The molecule has 1 unspecified atom stereocenters. The Morgan fingerprint density at radius 2 is 0.527 bits per heavy atom. The molecule has 0 aliphatic carbocycles. The van der Waals surface area contributed by atoms with E-state index in [1.807, 2.05) is 0 Å². The maximum Gasteiger partial charge on any atom is 0.306 e. The number of carbonyl (C=O) groups excluding carboxylic acids is 3. The number of carbonyl (C=O) groups is 3. The van der Waals surface area contributed by atoms with E-state index < -0.39 is 6.10 Å². The van der Waals surface area contributed by atoms with Crippen LogP contribution in [-0.4, -0.2) is 37.2 Å². The second-order valence-electron chi connectivity index (χ2n) is 20.6. The van der Waals surface area contributed by atoms with Gasteiger partial charge in [0.2, 0.25) is 0 Å². The molecule has 0 amide bonds. The molecule has 0 saturated heterocycles. The van der Waals surface area contributed by atoms with Crippen molar-refractivity contribution in [2.24, 2.45) is 0 Å². The summed E-state index contributed by atoms with van der Waals surface area (Å²) in [6, 6.07) is 0. The molecule has 74 heavy (non-hydrogen) atoms. The molecule has 0 saturated carbocycles. The van der Waals surface area contributed by atoms with Crippen LogP contribution in [0.4, 0.5) is 0 Å². The maximum absolute atomic E-state index is 12.8. The van der Waals surface area contributed by atoms with Gasteiger partial charge in [0.05, 0.1) is 0 Å². The van der Waals surface area contributed by atoms with E-state index in [0.717, 1.165) is 109 Å². The molecule has 0 bridgehead atoms. The Kier molecular flexibility index (Phi) is 58.8. The van der Waals surface area contributed by atoms with Crippen molar-refractivity contribution in [3.05, 3.63) is 97.2 Å². The molecule has 0 aliphatic heterocycles. The van der Waals surface area contributed by atoms with E-state index in [4.69, 9.17) is 14.2 Å². The van der Waals surface area contributed by atoms with E-state index in [-0.39, 0.29) is 31.1 Å². The van der Waals surface area contributed by atoms with E-state index in [9.17, 15) is 14.4 Å². The van der Waals surface area contributed by atoms with E-state index in [2.05, 4.69) is 118 Å². The van der Waals surface area contributed by atoms with Gasteiger partial charge in [-0.1, -0.05) is 291 Å². The van der Waals surface area contributed by atoms with E-state index >= 15 is 0 Å². The van der Waals surface area contributed by atoms with Crippen LogP contribution in [0.1, 0.15) is 297 Å². The lowest BCUT2D eigenvalue weighted by atomic mass is 10.0. The fraction of sp³-hybridized carbons (Fsp3) is 0.721. The topological polar surface area (TPSA) is 78.9 Å². The summed E-state index contributed by atoms with van der Waals surface area (Å²) in [6.07, 6.45) is 82.8. The van der Waals surface area contributed by atoms with Crippen molar-refractivity contribution in [3.8, 4) is 0 Å². The highest BCUT2D eigenvalue weighted by molar-refractivity contribution is 5.71. The molecule has 0 fully saturated rings. The normalized spacial score (nSPS) is 12.7. The Balaban J connectivity index is 4.09. The van der Waals surface area contributed by atoms with Crippen LogP contribution >= 0.6 is 0 Å². The summed E-state index contributed by atoms with van der Waals surface area (Å²) in [7, 11) is 0. The molecule has 0 spiro atoms. The third-order valence-corrected chi connectivity index (χ3v) is 13.4. The fourth-order valence-corrected chi connectivity index (χ4v) is 8.69. The van der Waals surface area contributed by atoms with Gasteiger partial charge in [0.1, 0.15) is 13.2 Å². The lowest BCUT2D eigenvalue weighted by Gasteiger charge is -2.18. The largest absolute Gasteiger partial charge is 0.462 e. The van der Waals surface area contributed by atoms with Crippen molar-refractivity contribution in [2.75, 3.05) is 13.2 Å². The lowest BCUT2D eigenvalue weighted by Crippen LogP contribution is -2.30. The lowest BCUT2D eigenvalue weighted by molar-refractivity contribution is -0.167. The van der Waals surface area contributed by atoms with Crippen LogP contribution in [0.3, 0.4) is 0 Å². The zero-order chi connectivity index (χ0) is 53.6. The minimum absolute atomic E-state index is 0.0734. The summed E-state index contributed by atoms with van der Waals surface area (Å²) in [5.41, 5.74) is 0. The monoisotopic (exact) mass is 1030 g/mol. The van der Waals surface area contributed by atoms with Crippen LogP contribution < -0.4 is 0 Å². The highest BCUT2D eigenvalue weighted by atomic mass is 16.6. The Hall–Kier alpha value is -3.67. The summed E-state index contributed by atoms with van der Waals surface area (Å²) in [5, 5.41) is 0. The molecule has 0 aromatic rings. The van der Waals surface area contributed by atoms with Gasteiger partial charge in [-0.3, -0.25) is 14.4 Å². The first-order chi connectivity index (χ1) is 36.5. The van der Waals surface area contributed by atoms with Gasteiger partial charge >= 0.3 is 17.9 Å². The van der Waals surface area contributed by atoms with Gasteiger partial charge in [-0.2, -0.15) is 0 Å². The second-order valence-corrected chi connectivity index (χ2v) is 20.6. The number of rotatable bonds is 56. The third-order valence-electron chi connectivity index (χ3n) is 13.4. The Morgan fingerprint density at radius 1 is 0.284 bits per heavy atom. The SMILES string of the molecule is CC/C=C\C/C=C\C/C=C\C/C=C\C/C=C\C/C=C\C/C=C\C/C=C\CCCCCCCCCCCCC(=O)OCC(COC(=O)CCCCCCCCCCCC)OC(=O)CCCCCCCCCCCCC. The number of hydrogen-bond acceptors (Lipinski definition) is 6. The van der Waals surface area contributed by atoms with Gasteiger partial charge in [-0.05, 0) is 83.5 Å². The Morgan fingerprint density at radius 3 is 0.824 bits per heavy atom. The van der Waals surface area contributed by atoms with Gasteiger partial charge in [0.25, 0.3) is 0 Å². The Bertz CT molecular complexity index is 1460. The number of unbranched alkanes of at least 4 members (excludes halogenated alkanes) is 29. The predicted octanol–water partition coefficient (Wildman–Crippen LogP) is 21.3. The molecule has 6 nitrogen and oxygen atoms in total. The molecule has 0 radical (unpaired) electrons. The number of hydrogen-bond donors (Lipinski definition) is 0. The second kappa shape index (κ2) is 61.9. The number of ether oxygens (including phenoxy) is 3. The summed E-state index contributed by atoms with van der Waals surface area (Å²) in [6.45, 7) is 6.52. The highest BCUT2D eigenvalue weighted by Gasteiger charge is 2.19. The maximum atomic E-state index is 12.8. The van der Waals surface area contributed by atoms with Crippen molar-refractivity contribution in [2.45, 2.75) is 303 Å². The van der Waals surface area contributed by atoms with Crippen molar-refractivity contribution in [1.82, 2.24) is 0 Å². The number of allylic oxidation sites excluding steroid dienone is 16.